The van der Waals surface area contributed by atoms with Gasteiger partial charge >= 0.3 is 0 Å². The summed E-state index contributed by atoms with van der Waals surface area (Å²) in [5.41, 5.74) is 0.226. The van der Waals surface area contributed by atoms with Crippen LogP contribution >= 0.6 is 12.2 Å². The van der Waals surface area contributed by atoms with Crippen LogP contribution < -0.4 is 14.8 Å². The number of carbonyl (C=O) groups is 1. The lowest BCUT2D eigenvalue weighted by atomic mass is 10.2. The van der Waals surface area contributed by atoms with E-state index in [0.29, 0.717) is 16.6 Å². The van der Waals surface area contributed by atoms with Gasteiger partial charge in [-0.2, -0.15) is 5.10 Å². The van der Waals surface area contributed by atoms with Gasteiger partial charge in [0.15, 0.2) is 10.6 Å². The number of rotatable bonds is 8. The van der Waals surface area contributed by atoms with Crippen molar-refractivity contribution < 1.29 is 17.9 Å². The Kier molecular flexibility index (Phi) is 4.98. The second-order valence-corrected chi connectivity index (χ2v) is 9.06. The van der Waals surface area contributed by atoms with Gasteiger partial charge in [-0.1, -0.05) is 0 Å². The van der Waals surface area contributed by atoms with Crippen molar-refractivity contribution in [1.29, 1.82) is 0 Å². The first-order valence-electron chi connectivity index (χ1n) is 9.03. The summed E-state index contributed by atoms with van der Waals surface area (Å²) in [5.74, 6) is 0.443. The van der Waals surface area contributed by atoms with Crippen molar-refractivity contribution in [3.8, 4) is 5.75 Å². The Balaban J connectivity index is 1.53. The maximum Gasteiger partial charge on any atom is 0.251 e. The van der Waals surface area contributed by atoms with E-state index in [2.05, 4.69) is 20.2 Å². The van der Waals surface area contributed by atoms with Crippen LogP contribution in [0.15, 0.2) is 23.1 Å². The molecule has 150 valence electrons. The highest BCUT2D eigenvalue weighted by molar-refractivity contribution is 7.89. The van der Waals surface area contributed by atoms with Crippen LogP contribution in [0.3, 0.4) is 0 Å². The van der Waals surface area contributed by atoms with Gasteiger partial charge in [-0.05, 0) is 56.1 Å². The molecule has 1 amide bonds. The first-order valence-corrected chi connectivity index (χ1v) is 10.9. The minimum atomic E-state index is -3.76. The van der Waals surface area contributed by atoms with Crippen molar-refractivity contribution >= 4 is 28.1 Å². The molecule has 3 N–H and O–H groups in total. The third kappa shape index (κ3) is 3.96. The van der Waals surface area contributed by atoms with Gasteiger partial charge in [0, 0.05) is 17.6 Å². The Hall–Kier alpha value is -2.24. The summed E-state index contributed by atoms with van der Waals surface area (Å²) in [4.78, 5) is 12.5. The van der Waals surface area contributed by atoms with E-state index < -0.39 is 15.9 Å². The first-order chi connectivity index (χ1) is 13.4. The highest BCUT2D eigenvalue weighted by Crippen LogP contribution is 2.35. The quantitative estimate of drug-likeness (QED) is 0.556. The second-order valence-electron chi connectivity index (χ2n) is 6.99. The summed E-state index contributed by atoms with van der Waals surface area (Å²) in [6.07, 6.45) is 3.72. The van der Waals surface area contributed by atoms with E-state index in [-0.39, 0.29) is 28.8 Å². The highest BCUT2D eigenvalue weighted by atomic mass is 32.2. The summed E-state index contributed by atoms with van der Waals surface area (Å²) < 4.78 is 35.4. The third-order valence-corrected chi connectivity index (χ3v) is 6.54. The number of carbonyl (C=O) groups excluding carboxylic acids is 1. The molecule has 0 unspecified atom stereocenters. The lowest BCUT2D eigenvalue weighted by Gasteiger charge is -2.12. The Bertz CT molecular complexity index is 1070. The summed E-state index contributed by atoms with van der Waals surface area (Å²) >= 11 is 5.23. The topological polar surface area (TPSA) is 118 Å². The van der Waals surface area contributed by atoms with E-state index in [4.69, 9.17) is 17.0 Å². The number of sulfonamides is 1. The zero-order chi connectivity index (χ0) is 19.9. The molecular formula is C17H21N5O4S2. The molecule has 9 nitrogen and oxygen atoms in total. The molecule has 2 fully saturated rings. The van der Waals surface area contributed by atoms with Crippen LogP contribution in [0.25, 0.3) is 0 Å². The average Bonchev–Trinajstić information content (AvgIpc) is 3.60. The van der Waals surface area contributed by atoms with Crippen LogP contribution in [0.1, 0.15) is 47.9 Å². The van der Waals surface area contributed by atoms with E-state index in [1.807, 2.05) is 4.57 Å². The van der Waals surface area contributed by atoms with Crippen molar-refractivity contribution in [2.75, 3.05) is 7.11 Å². The fourth-order valence-corrected chi connectivity index (χ4v) is 4.74. The van der Waals surface area contributed by atoms with Gasteiger partial charge in [0.1, 0.15) is 10.6 Å². The van der Waals surface area contributed by atoms with Crippen LogP contribution in [0.4, 0.5) is 0 Å². The smallest absolute Gasteiger partial charge is 0.251 e. The Labute approximate surface area is 167 Å². The van der Waals surface area contributed by atoms with Crippen molar-refractivity contribution in [3.05, 3.63) is 34.4 Å². The molecule has 0 spiro atoms. The zero-order valence-electron chi connectivity index (χ0n) is 15.3. The predicted octanol–water partition coefficient (Wildman–Crippen LogP) is 1.65. The molecule has 1 heterocycles. The van der Waals surface area contributed by atoms with Crippen molar-refractivity contribution in [2.24, 2.45) is 0 Å². The number of benzene rings is 1. The number of nitrogens with one attached hydrogen (secondary N) is 3. The van der Waals surface area contributed by atoms with E-state index in [1.54, 1.807) is 0 Å². The summed E-state index contributed by atoms with van der Waals surface area (Å²) in [5, 5.41) is 9.70. The summed E-state index contributed by atoms with van der Waals surface area (Å²) in [7, 11) is -2.36. The lowest BCUT2D eigenvalue weighted by molar-refractivity contribution is 0.0949. The largest absolute Gasteiger partial charge is 0.495 e. The highest BCUT2D eigenvalue weighted by Gasteiger charge is 2.30. The minimum absolute atomic E-state index is 0.0442. The van der Waals surface area contributed by atoms with E-state index in [1.165, 1.54) is 25.3 Å². The fraction of sp³-hybridized carbons (Fsp3) is 0.471. The number of aromatic nitrogens is 3. The maximum absolute atomic E-state index is 12.6. The van der Waals surface area contributed by atoms with Crippen LogP contribution in [0.5, 0.6) is 5.75 Å². The van der Waals surface area contributed by atoms with Gasteiger partial charge in [-0.25, -0.2) is 13.1 Å². The van der Waals surface area contributed by atoms with Gasteiger partial charge in [0.25, 0.3) is 5.91 Å². The van der Waals surface area contributed by atoms with Crippen LogP contribution in [-0.2, 0) is 16.6 Å². The van der Waals surface area contributed by atoms with Gasteiger partial charge in [0.05, 0.1) is 13.7 Å². The average molecular weight is 424 g/mol. The van der Waals surface area contributed by atoms with Crippen molar-refractivity contribution in [3.63, 3.8) is 0 Å². The molecule has 11 heteroatoms. The van der Waals surface area contributed by atoms with E-state index >= 15 is 0 Å². The Morgan fingerprint density at radius 2 is 2.11 bits per heavy atom. The Morgan fingerprint density at radius 1 is 1.36 bits per heavy atom. The number of H-pyrrole nitrogens is 1. The van der Waals surface area contributed by atoms with Crippen molar-refractivity contribution in [2.45, 2.75) is 49.2 Å². The molecule has 1 aromatic heterocycles. The number of aromatic amines is 1. The molecule has 1 aromatic carbocycles. The molecule has 0 bridgehead atoms. The van der Waals surface area contributed by atoms with Crippen LogP contribution in [0.2, 0.25) is 0 Å². The molecule has 28 heavy (non-hydrogen) atoms. The van der Waals surface area contributed by atoms with Gasteiger partial charge in [-0.3, -0.25) is 14.5 Å². The van der Waals surface area contributed by atoms with E-state index in [0.717, 1.165) is 25.7 Å². The fourth-order valence-electron chi connectivity index (χ4n) is 2.94. The van der Waals surface area contributed by atoms with Crippen molar-refractivity contribution in [1.82, 2.24) is 24.8 Å². The molecule has 2 saturated carbocycles. The Morgan fingerprint density at radius 3 is 2.75 bits per heavy atom. The van der Waals surface area contributed by atoms with Gasteiger partial charge in [0.2, 0.25) is 10.0 Å². The molecule has 2 aliphatic rings. The molecular weight excluding hydrogens is 402 g/mol. The first kappa shape index (κ1) is 19.1. The SMILES string of the molecule is COc1ccc(C(=O)NCc2n[nH]c(=S)n2C2CC2)cc1S(=O)(=O)NC1CC1. The number of ether oxygens (including phenoxy) is 1. The molecule has 0 saturated heterocycles. The number of nitrogens with zero attached hydrogens (tertiary/aromatic N) is 2. The second kappa shape index (κ2) is 7.30. The number of amides is 1. The van der Waals surface area contributed by atoms with Gasteiger partial charge < -0.3 is 10.1 Å². The minimum Gasteiger partial charge on any atom is -0.495 e. The van der Waals surface area contributed by atoms with Crippen LogP contribution in [0, 0.1) is 4.77 Å². The molecule has 2 aliphatic carbocycles. The van der Waals surface area contributed by atoms with E-state index in [9.17, 15) is 13.2 Å². The number of methoxy groups -OCH3 is 1. The summed E-state index contributed by atoms with van der Waals surface area (Å²) in [6.45, 7) is 0.191. The third-order valence-electron chi connectivity index (χ3n) is 4.71. The number of hydrogen-bond acceptors (Lipinski definition) is 6. The monoisotopic (exact) mass is 423 g/mol. The van der Waals surface area contributed by atoms with Gasteiger partial charge in [-0.15, -0.1) is 0 Å². The predicted molar refractivity (Wildman–Crippen MR) is 103 cm³/mol. The zero-order valence-corrected chi connectivity index (χ0v) is 16.9. The molecule has 0 radical (unpaired) electrons. The lowest BCUT2D eigenvalue weighted by Crippen LogP contribution is -2.28. The normalized spacial score (nSPS) is 16.8. The molecule has 0 atom stereocenters. The maximum atomic E-state index is 12.6. The molecule has 0 aliphatic heterocycles. The number of hydrogen-bond donors (Lipinski definition) is 3. The van der Waals surface area contributed by atoms with Crippen LogP contribution in [-0.4, -0.2) is 42.2 Å². The summed E-state index contributed by atoms with van der Waals surface area (Å²) in [6, 6.07) is 4.64. The standard InChI is InChI=1S/C17H21N5O4S2/c1-26-13-7-2-10(8-14(13)28(24,25)21-11-3-4-11)16(23)18-9-15-19-20-17(27)22(15)12-5-6-12/h2,7-8,11-12,21H,3-6,9H2,1H3,(H,18,23)(H,20,27). The molecule has 4 rings (SSSR count). The molecule has 2 aromatic rings.